The van der Waals surface area contributed by atoms with Crippen molar-refractivity contribution in [3.63, 3.8) is 0 Å². The van der Waals surface area contributed by atoms with E-state index in [0.717, 1.165) is 6.26 Å². The molecule has 1 rings (SSSR count). The van der Waals surface area contributed by atoms with Crippen LogP contribution in [0.1, 0.15) is 47.6 Å². The van der Waals surface area contributed by atoms with E-state index < -0.39 is 57.2 Å². The predicted molar refractivity (Wildman–Crippen MR) is 72.0 cm³/mol. The van der Waals surface area contributed by atoms with E-state index in [1.165, 1.54) is 0 Å². The van der Waals surface area contributed by atoms with E-state index in [1.54, 1.807) is 13.8 Å². The van der Waals surface area contributed by atoms with E-state index >= 15 is 0 Å². The number of alkyl halides is 5. The third-order valence-electron chi connectivity index (χ3n) is 2.87. The van der Waals surface area contributed by atoms with Gasteiger partial charge in [0.2, 0.25) is 0 Å². The van der Waals surface area contributed by atoms with Crippen molar-refractivity contribution in [1.82, 2.24) is 4.98 Å². The maximum atomic E-state index is 13.1. The molecule has 10 heteroatoms. The summed E-state index contributed by atoms with van der Waals surface area (Å²) in [7, 11) is 0. The first-order chi connectivity index (χ1) is 10.4. The summed E-state index contributed by atoms with van der Waals surface area (Å²) in [6.45, 7) is 3.15. The van der Waals surface area contributed by atoms with E-state index in [1.807, 2.05) is 0 Å². The summed E-state index contributed by atoms with van der Waals surface area (Å²) in [5.74, 6) is -2.29. The Labute approximate surface area is 131 Å². The number of carboxylic acid groups (broad SMARTS) is 1. The summed E-state index contributed by atoms with van der Waals surface area (Å²) >= 11 is -2.12. The van der Waals surface area contributed by atoms with Gasteiger partial charge in [-0.25, -0.2) is 18.6 Å². The minimum absolute atomic E-state index is 0.248. The molecule has 1 N–H and O–H groups in total. The second-order valence-corrected chi connectivity index (χ2v) is 6.50. The van der Waals surface area contributed by atoms with Gasteiger partial charge in [-0.15, -0.1) is 0 Å². The maximum Gasteiger partial charge on any atom is 0.434 e. The fourth-order valence-electron chi connectivity index (χ4n) is 2.15. The Morgan fingerprint density at radius 1 is 1.35 bits per heavy atom. The number of aromatic carboxylic acids is 1. The molecular weight excluding hydrogens is 345 g/mol. The largest absolute Gasteiger partial charge is 0.612 e. The van der Waals surface area contributed by atoms with Crippen molar-refractivity contribution in [2.45, 2.75) is 37.8 Å². The fraction of sp³-hybridized carbons (Fsp3) is 0.538. The van der Waals surface area contributed by atoms with Crippen molar-refractivity contribution >= 4 is 17.1 Å². The number of carboxylic acids is 1. The molecule has 1 heterocycles. The van der Waals surface area contributed by atoms with E-state index in [4.69, 9.17) is 5.11 Å². The van der Waals surface area contributed by atoms with Crippen LogP contribution in [0.4, 0.5) is 22.0 Å². The summed E-state index contributed by atoms with van der Waals surface area (Å²) in [6.07, 6.45) is -7.89. The monoisotopic (exact) mass is 359 g/mol. The van der Waals surface area contributed by atoms with Gasteiger partial charge in [-0.05, 0) is 23.5 Å². The highest BCUT2D eigenvalue weighted by molar-refractivity contribution is 7.90. The zero-order valence-electron chi connectivity index (χ0n) is 12.4. The third-order valence-corrected chi connectivity index (χ3v) is 3.90. The van der Waals surface area contributed by atoms with Gasteiger partial charge in [0, 0.05) is 5.56 Å². The number of carbonyl (C=O) groups is 1. The highest BCUT2D eigenvalue weighted by Crippen LogP contribution is 2.39. The van der Waals surface area contributed by atoms with Crippen LogP contribution in [-0.2, 0) is 23.8 Å². The van der Waals surface area contributed by atoms with Crippen LogP contribution in [0.15, 0.2) is 4.90 Å². The molecule has 1 aromatic heterocycles. The fourth-order valence-corrected chi connectivity index (χ4v) is 3.11. The quantitative estimate of drug-likeness (QED) is 0.643. The van der Waals surface area contributed by atoms with Gasteiger partial charge >= 0.3 is 12.1 Å². The minimum Gasteiger partial charge on any atom is -0.612 e. The van der Waals surface area contributed by atoms with Crippen molar-refractivity contribution in [3.05, 3.63) is 22.5 Å². The van der Waals surface area contributed by atoms with E-state index in [9.17, 15) is 31.3 Å². The van der Waals surface area contributed by atoms with Crippen molar-refractivity contribution in [3.8, 4) is 0 Å². The Morgan fingerprint density at radius 2 is 1.87 bits per heavy atom. The molecule has 0 aliphatic carbocycles. The molecule has 0 amide bonds. The lowest BCUT2D eigenvalue weighted by Crippen LogP contribution is -2.24. The minimum atomic E-state index is -5.23. The van der Waals surface area contributed by atoms with Crippen molar-refractivity contribution < 1.29 is 36.4 Å². The Bertz CT molecular complexity index is 602. The topological polar surface area (TPSA) is 73.2 Å². The molecule has 130 valence electrons. The van der Waals surface area contributed by atoms with Crippen LogP contribution in [0, 0.1) is 5.92 Å². The summed E-state index contributed by atoms with van der Waals surface area (Å²) < 4.78 is 77.1. The lowest BCUT2D eigenvalue weighted by molar-refractivity contribution is -0.142. The summed E-state index contributed by atoms with van der Waals surface area (Å²) in [4.78, 5) is 13.5. The molecule has 0 aliphatic heterocycles. The van der Waals surface area contributed by atoms with Crippen molar-refractivity contribution in [2.24, 2.45) is 5.92 Å². The Balaban J connectivity index is 3.96. The SMILES string of the molecule is CC(C)Cc1c(C(=O)O)c(C(F)(F)F)nc(C(F)F)c1[S+](C)[O-]. The third kappa shape index (κ3) is 4.31. The number of nitrogens with zero attached hydrogens (tertiary/aromatic N) is 1. The number of rotatable bonds is 5. The van der Waals surface area contributed by atoms with Crippen LogP contribution in [0.3, 0.4) is 0 Å². The molecule has 4 nitrogen and oxygen atoms in total. The Hall–Kier alpha value is -1.42. The molecule has 0 fully saturated rings. The van der Waals surface area contributed by atoms with Gasteiger partial charge in [-0.1, -0.05) is 13.8 Å². The standard InChI is InChI=1S/C13H14F5NO3S/c1-5(2)4-6-7(12(20)21)10(13(16,17)18)19-8(11(14)15)9(6)23(3)22/h5,11H,4H2,1-3H3,(H,20,21). The van der Waals surface area contributed by atoms with Gasteiger partial charge in [0.05, 0.1) is 5.56 Å². The molecule has 1 aromatic rings. The van der Waals surface area contributed by atoms with Crippen LogP contribution in [-0.4, -0.2) is 26.9 Å². The molecule has 0 radical (unpaired) electrons. The number of hydrogen-bond acceptors (Lipinski definition) is 3. The van der Waals surface area contributed by atoms with Gasteiger partial charge in [0.1, 0.15) is 6.26 Å². The molecule has 0 saturated carbocycles. The average Bonchev–Trinajstić information content (AvgIpc) is 2.34. The lowest BCUT2D eigenvalue weighted by atomic mass is 9.96. The maximum absolute atomic E-state index is 13.1. The molecule has 0 aliphatic rings. The molecule has 1 unspecified atom stereocenters. The smallest absolute Gasteiger partial charge is 0.434 e. The average molecular weight is 359 g/mol. The zero-order chi connectivity index (χ0) is 18.1. The van der Waals surface area contributed by atoms with E-state index in [-0.39, 0.29) is 12.3 Å². The predicted octanol–water partition coefficient (Wildman–Crippen LogP) is 3.67. The van der Waals surface area contributed by atoms with Crippen molar-refractivity contribution in [2.75, 3.05) is 6.26 Å². The Kier molecular flexibility index (Phi) is 5.97. The molecular formula is C13H14F5NO3S. The Morgan fingerprint density at radius 3 is 2.17 bits per heavy atom. The van der Waals surface area contributed by atoms with Gasteiger partial charge in [-0.2, -0.15) is 13.2 Å². The van der Waals surface area contributed by atoms with Crippen LogP contribution in [0.5, 0.6) is 0 Å². The first kappa shape index (κ1) is 19.6. The molecule has 1 atom stereocenters. The normalized spacial score (nSPS) is 13.7. The van der Waals surface area contributed by atoms with Gasteiger partial charge in [0.15, 0.2) is 16.3 Å². The zero-order valence-corrected chi connectivity index (χ0v) is 13.2. The van der Waals surface area contributed by atoms with Crippen LogP contribution < -0.4 is 0 Å². The highest BCUT2D eigenvalue weighted by Gasteiger charge is 2.43. The van der Waals surface area contributed by atoms with Gasteiger partial charge in [-0.3, -0.25) is 0 Å². The second-order valence-electron chi connectivity index (χ2n) is 5.18. The number of halogens is 5. The summed E-state index contributed by atoms with van der Waals surface area (Å²) in [5.41, 5.74) is -4.92. The number of hydrogen-bond donors (Lipinski definition) is 1. The first-order valence-electron chi connectivity index (χ1n) is 6.36. The lowest BCUT2D eigenvalue weighted by Gasteiger charge is -2.20. The first-order valence-corrected chi connectivity index (χ1v) is 7.92. The summed E-state index contributed by atoms with van der Waals surface area (Å²) in [6, 6.07) is 0. The molecule has 0 aromatic carbocycles. The van der Waals surface area contributed by atoms with E-state index in [2.05, 4.69) is 4.98 Å². The van der Waals surface area contributed by atoms with E-state index in [0.29, 0.717) is 0 Å². The number of aromatic nitrogens is 1. The van der Waals surface area contributed by atoms with Gasteiger partial charge < -0.3 is 9.66 Å². The van der Waals surface area contributed by atoms with Crippen molar-refractivity contribution in [1.29, 1.82) is 0 Å². The van der Waals surface area contributed by atoms with Crippen LogP contribution in [0.2, 0.25) is 0 Å². The number of pyridine rings is 1. The molecule has 0 saturated heterocycles. The van der Waals surface area contributed by atoms with Crippen LogP contribution >= 0.6 is 0 Å². The molecule has 23 heavy (non-hydrogen) atoms. The van der Waals surface area contributed by atoms with Gasteiger partial charge in [0.25, 0.3) is 6.43 Å². The van der Waals surface area contributed by atoms with Crippen LogP contribution in [0.25, 0.3) is 0 Å². The molecule has 0 bridgehead atoms. The highest BCUT2D eigenvalue weighted by atomic mass is 32.2. The molecule has 0 spiro atoms. The summed E-state index contributed by atoms with van der Waals surface area (Å²) in [5, 5.41) is 9.13. The second kappa shape index (κ2) is 7.00.